The maximum absolute atomic E-state index is 12.0. The molecule has 0 aromatic rings. The molecule has 3 nitrogen and oxygen atoms in total. The molecule has 0 aromatic carbocycles. The van der Waals surface area contributed by atoms with Gasteiger partial charge >= 0.3 is 0 Å². The third kappa shape index (κ3) is 6.66. The minimum atomic E-state index is 0.118. The molecule has 1 fully saturated rings. The Hall–Kier alpha value is -0.220. The molecular formula is C15H29NO2S. The summed E-state index contributed by atoms with van der Waals surface area (Å²) in [4.78, 5) is 12.0. The van der Waals surface area contributed by atoms with Crippen LogP contribution < -0.4 is 5.32 Å². The zero-order valence-corrected chi connectivity index (χ0v) is 13.4. The van der Waals surface area contributed by atoms with Gasteiger partial charge in [0.25, 0.3) is 0 Å². The van der Waals surface area contributed by atoms with Gasteiger partial charge in [-0.2, -0.15) is 11.8 Å². The Bertz CT molecular complexity index is 265. The van der Waals surface area contributed by atoms with Crippen molar-refractivity contribution in [1.82, 2.24) is 5.32 Å². The van der Waals surface area contributed by atoms with E-state index in [1.54, 1.807) is 11.8 Å². The summed E-state index contributed by atoms with van der Waals surface area (Å²) in [6.07, 6.45) is 8.16. The average molecular weight is 287 g/mol. The lowest BCUT2D eigenvalue weighted by Gasteiger charge is -2.34. The second-order valence-corrected chi connectivity index (χ2v) is 7.45. The van der Waals surface area contributed by atoms with Crippen LogP contribution in [0.3, 0.4) is 0 Å². The summed E-state index contributed by atoms with van der Waals surface area (Å²) < 4.78 is 0. The number of hydrogen-bond donors (Lipinski definition) is 2. The maximum atomic E-state index is 12.0. The number of carbonyl (C=O) groups excluding carboxylic acids is 1. The molecule has 0 heterocycles. The van der Waals surface area contributed by atoms with Crippen molar-refractivity contribution in [2.24, 2.45) is 11.3 Å². The molecule has 0 spiro atoms. The first kappa shape index (κ1) is 16.8. The van der Waals surface area contributed by atoms with E-state index >= 15 is 0 Å². The molecule has 0 aromatic heterocycles. The molecule has 1 rings (SSSR count). The third-order valence-electron chi connectivity index (χ3n) is 4.14. The van der Waals surface area contributed by atoms with Crippen LogP contribution in [0.25, 0.3) is 0 Å². The van der Waals surface area contributed by atoms with Crippen molar-refractivity contribution in [2.45, 2.75) is 58.4 Å². The predicted octanol–water partition coefficient (Wildman–Crippen LogP) is 2.82. The van der Waals surface area contributed by atoms with Crippen LogP contribution in [-0.4, -0.2) is 35.7 Å². The average Bonchev–Trinajstić information content (AvgIpc) is 2.32. The number of thioether (sulfide) groups is 1. The number of rotatable bonds is 7. The van der Waals surface area contributed by atoms with Gasteiger partial charge in [0.2, 0.25) is 5.91 Å². The largest absolute Gasteiger partial charge is 0.396 e. The van der Waals surface area contributed by atoms with Gasteiger partial charge < -0.3 is 10.4 Å². The smallest absolute Gasteiger partial charge is 0.220 e. The Labute approximate surface area is 121 Å². The molecule has 1 unspecified atom stereocenters. The lowest BCUT2D eigenvalue weighted by Crippen LogP contribution is -2.38. The number of aliphatic hydroxyl groups excluding tert-OH is 1. The van der Waals surface area contributed by atoms with Crippen LogP contribution >= 0.6 is 11.8 Å². The van der Waals surface area contributed by atoms with Gasteiger partial charge in [-0.05, 0) is 49.7 Å². The summed E-state index contributed by atoms with van der Waals surface area (Å²) in [5, 5.41) is 12.1. The van der Waals surface area contributed by atoms with Gasteiger partial charge in [0.1, 0.15) is 0 Å². The van der Waals surface area contributed by atoms with E-state index in [9.17, 15) is 4.79 Å². The normalized spacial score (nSPS) is 21.1. The standard InChI is InChI=1S/C15H29NO2S/c1-15(2)7-4-12(5-8-15)10-14(18)16-13(6-9-17)11-19-3/h12-13,17H,4-11H2,1-3H3,(H,16,18). The first-order chi connectivity index (χ1) is 8.96. The second-order valence-electron chi connectivity index (χ2n) is 6.54. The van der Waals surface area contributed by atoms with Crippen LogP contribution in [-0.2, 0) is 4.79 Å². The van der Waals surface area contributed by atoms with Crippen LogP contribution in [0.2, 0.25) is 0 Å². The number of aliphatic hydroxyl groups is 1. The molecule has 2 N–H and O–H groups in total. The van der Waals surface area contributed by atoms with Gasteiger partial charge in [-0.25, -0.2) is 0 Å². The lowest BCUT2D eigenvalue weighted by molar-refractivity contribution is -0.123. The fourth-order valence-corrected chi connectivity index (χ4v) is 3.42. The highest BCUT2D eigenvalue weighted by Gasteiger charge is 2.28. The summed E-state index contributed by atoms with van der Waals surface area (Å²) >= 11 is 1.71. The van der Waals surface area contributed by atoms with E-state index in [4.69, 9.17) is 5.11 Å². The summed E-state index contributed by atoms with van der Waals surface area (Å²) in [7, 11) is 0. The van der Waals surface area contributed by atoms with Crippen LogP contribution in [0.15, 0.2) is 0 Å². The summed E-state index contributed by atoms with van der Waals surface area (Å²) in [6.45, 7) is 4.78. The molecule has 0 aliphatic heterocycles. The number of hydrogen-bond acceptors (Lipinski definition) is 3. The minimum Gasteiger partial charge on any atom is -0.396 e. The predicted molar refractivity (Wildman–Crippen MR) is 82.4 cm³/mol. The Morgan fingerprint density at radius 1 is 1.42 bits per heavy atom. The topological polar surface area (TPSA) is 49.3 Å². The molecular weight excluding hydrogens is 258 g/mol. The summed E-state index contributed by atoms with van der Waals surface area (Å²) in [5.41, 5.74) is 0.464. The fourth-order valence-electron chi connectivity index (χ4n) is 2.77. The van der Waals surface area contributed by atoms with E-state index in [2.05, 4.69) is 19.2 Å². The zero-order chi connectivity index (χ0) is 14.3. The first-order valence-corrected chi connectivity index (χ1v) is 8.75. The number of amides is 1. The lowest BCUT2D eigenvalue weighted by atomic mass is 9.72. The van der Waals surface area contributed by atoms with Gasteiger partial charge in [0.15, 0.2) is 0 Å². The minimum absolute atomic E-state index is 0.118. The zero-order valence-electron chi connectivity index (χ0n) is 12.6. The van der Waals surface area contributed by atoms with Crippen molar-refractivity contribution in [3.05, 3.63) is 0 Å². The van der Waals surface area contributed by atoms with E-state index in [1.807, 2.05) is 6.26 Å². The van der Waals surface area contributed by atoms with E-state index < -0.39 is 0 Å². The van der Waals surface area contributed by atoms with E-state index in [0.717, 1.165) is 5.75 Å². The van der Waals surface area contributed by atoms with Gasteiger partial charge in [0.05, 0.1) is 0 Å². The van der Waals surface area contributed by atoms with Crippen LogP contribution in [0, 0.1) is 11.3 Å². The molecule has 0 radical (unpaired) electrons. The molecule has 1 aliphatic rings. The highest BCUT2D eigenvalue weighted by molar-refractivity contribution is 7.98. The molecule has 4 heteroatoms. The Morgan fingerprint density at radius 2 is 2.05 bits per heavy atom. The second kappa shape index (κ2) is 8.15. The molecule has 0 saturated heterocycles. The van der Waals surface area contributed by atoms with Crippen molar-refractivity contribution in [1.29, 1.82) is 0 Å². The molecule has 1 atom stereocenters. The Balaban J connectivity index is 2.30. The molecule has 112 valence electrons. The Morgan fingerprint density at radius 3 is 2.58 bits per heavy atom. The van der Waals surface area contributed by atoms with E-state index in [-0.39, 0.29) is 18.6 Å². The SMILES string of the molecule is CSCC(CCO)NC(=O)CC1CCC(C)(C)CC1. The Kier molecular flexibility index (Phi) is 7.22. The van der Waals surface area contributed by atoms with E-state index in [0.29, 0.717) is 24.2 Å². The van der Waals surface area contributed by atoms with Gasteiger partial charge in [-0.1, -0.05) is 13.8 Å². The maximum Gasteiger partial charge on any atom is 0.220 e. The van der Waals surface area contributed by atoms with Gasteiger partial charge in [0, 0.05) is 24.8 Å². The van der Waals surface area contributed by atoms with Crippen molar-refractivity contribution in [3.8, 4) is 0 Å². The fraction of sp³-hybridized carbons (Fsp3) is 0.933. The monoisotopic (exact) mass is 287 g/mol. The third-order valence-corrected chi connectivity index (χ3v) is 4.88. The van der Waals surface area contributed by atoms with Crippen LogP contribution in [0.5, 0.6) is 0 Å². The van der Waals surface area contributed by atoms with Gasteiger partial charge in [-0.3, -0.25) is 4.79 Å². The first-order valence-electron chi connectivity index (χ1n) is 7.36. The van der Waals surface area contributed by atoms with Crippen molar-refractivity contribution in [2.75, 3.05) is 18.6 Å². The number of nitrogens with one attached hydrogen (secondary N) is 1. The van der Waals surface area contributed by atoms with Crippen LogP contribution in [0.1, 0.15) is 52.4 Å². The summed E-state index contributed by atoms with van der Waals surface area (Å²) in [6, 6.07) is 0.118. The number of carbonyl (C=O) groups is 1. The summed E-state index contributed by atoms with van der Waals surface area (Å²) in [5.74, 6) is 1.60. The van der Waals surface area contributed by atoms with Gasteiger partial charge in [-0.15, -0.1) is 0 Å². The highest BCUT2D eigenvalue weighted by Crippen LogP contribution is 2.39. The molecule has 19 heavy (non-hydrogen) atoms. The van der Waals surface area contributed by atoms with E-state index in [1.165, 1.54) is 25.7 Å². The molecule has 1 amide bonds. The van der Waals surface area contributed by atoms with Crippen molar-refractivity contribution >= 4 is 17.7 Å². The molecule has 1 aliphatic carbocycles. The highest BCUT2D eigenvalue weighted by atomic mass is 32.2. The molecule has 1 saturated carbocycles. The molecule has 0 bridgehead atoms. The van der Waals surface area contributed by atoms with Crippen molar-refractivity contribution < 1.29 is 9.90 Å². The quantitative estimate of drug-likeness (QED) is 0.757. The van der Waals surface area contributed by atoms with Crippen LogP contribution in [0.4, 0.5) is 0 Å². The van der Waals surface area contributed by atoms with Crippen molar-refractivity contribution in [3.63, 3.8) is 0 Å².